The minimum Gasteiger partial charge on any atom is -0.100 e. The third kappa shape index (κ3) is 9.39. The molecule has 0 aliphatic rings. The molecule has 0 bridgehead atoms. The van der Waals surface area contributed by atoms with Crippen molar-refractivity contribution in [1.29, 1.82) is 0 Å². The fraction of sp³-hybridized carbons (Fsp3) is 0.692. The Bertz CT molecular complexity index is 153. The van der Waals surface area contributed by atoms with Gasteiger partial charge in [-0.2, -0.15) is 0 Å². The minimum absolute atomic E-state index is 1.12. The Balaban J connectivity index is 3.25. The van der Waals surface area contributed by atoms with Gasteiger partial charge in [0.2, 0.25) is 0 Å². The van der Waals surface area contributed by atoms with Crippen LogP contribution in [0.3, 0.4) is 0 Å². The summed E-state index contributed by atoms with van der Waals surface area (Å²) in [6.45, 7) is 12.3. The maximum Gasteiger partial charge on any atom is -0.0286 e. The molecule has 0 aromatic carbocycles. The predicted molar refractivity (Wildman–Crippen MR) is 61.9 cm³/mol. The van der Waals surface area contributed by atoms with Gasteiger partial charge in [-0.05, 0) is 32.6 Å². The predicted octanol–water partition coefficient (Wildman–Crippen LogP) is 4.87. The second-order valence-corrected chi connectivity index (χ2v) is 4.02. The lowest BCUT2D eigenvalue weighted by Gasteiger charge is -2.04. The van der Waals surface area contributed by atoms with Crippen LogP contribution < -0.4 is 0 Å². The van der Waals surface area contributed by atoms with Gasteiger partial charge in [0.1, 0.15) is 0 Å². The first-order valence-corrected chi connectivity index (χ1v) is 5.47. The first-order valence-electron chi connectivity index (χ1n) is 5.47. The van der Waals surface area contributed by atoms with Gasteiger partial charge >= 0.3 is 0 Å². The quantitative estimate of drug-likeness (QED) is 0.369. The Morgan fingerprint density at radius 3 is 2.15 bits per heavy atom. The Morgan fingerprint density at radius 2 is 1.62 bits per heavy atom. The van der Waals surface area contributed by atoms with E-state index in [0.29, 0.717) is 0 Å². The molecule has 0 aromatic heterocycles. The van der Waals surface area contributed by atoms with Gasteiger partial charge < -0.3 is 0 Å². The van der Waals surface area contributed by atoms with Crippen molar-refractivity contribution in [2.24, 2.45) is 0 Å². The molecule has 0 unspecified atom stereocenters. The van der Waals surface area contributed by atoms with Gasteiger partial charge in [-0.1, -0.05) is 43.9 Å². The van der Waals surface area contributed by atoms with Crippen molar-refractivity contribution < 1.29 is 0 Å². The number of rotatable bonds is 8. The van der Waals surface area contributed by atoms with Crippen LogP contribution in [0.15, 0.2) is 24.3 Å². The van der Waals surface area contributed by atoms with E-state index in [-0.39, 0.29) is 0 Å². The highest BCUT2D eigenvalue weighted by atomic mass is 14.0. The lowest BCUT2D eigenvalue weighted by atomic mass is 10.0. The van der Waals surface area contributed by atoms with Crippen LogP contribution in [0.5, 0.6) is 0 Å². The molecule has 0 spiro atoms. The summed E-state index contributed by atoms with van der Waals surface area (Å²) in [5.41, 5.74) is 2.67. The van der Waals surface area contributed by atoms with E-state index in [2.05, 4.69) is 27.0 Å². The molecule has 0 aromatic rings. The van der Waals surface area contributed by atoms with Crippen molar-refractivity contribution in [3.63, 3.8) is 0 Å². The summed E-state index contributed by atoms with van der Waals surface area (Å²) in [5, 5.41) is 0. The van der Waals surface area contributed by atoms with E-state index in [1.165, 1.54) is 43.3 Å². The molecule has 0 heterocycles. The molecule has 13 heavy (non-hydrogen) atoms. The average molecular weight is 180 g/mol. The van der Waals surface area contributed by atoms with E-state index in [1.54, 1.807) is 0 Å². The standard InChI is InChI=1S/C13H24/c1-5-6-7-8-9-13(4)11-10-12(2)3/h2,4-11H2,1,3H3. The molecule has 0 heteroatoms. The minimum atomic E-state index is 1.12. The molecule has 0 saturated heterocycles. The van der Waals surface area contributed by atoms with Crippen LogP contribution in [0.2, 0.25) is 0 Å². The normalized spacial score (nSPS) is 10.0. The zero-order valence-corrected chi connectivity index (χ0v) is 9.36. The van der Waals surface area contributed by atoms with Crippen molar-refractivity contribution in [3.8, 4) is 0 Å². The van der Waals surface area contributed by atoms with Crippen LogP contribution in [0.25, 0.3) is 0 Å². The van der Waals surface area contributed by atoms with Crippen molar-refractivity contribution >= 4 is 0 Å². The third-order valence-corrected chi connectivity index (χ3v) is 2.29. The van der Waals surface area contributed by atoms with Gasteiger partial charge in [0.25, 0.3) is 0 Å². The summed E-state index contributed by atoms with van der Waals surface area (Å²) in [6, 6.07) is 0. The SMILES string of the molecule is C=C(C)CCC(=C)CCCCCC. The van der Waals surface area contributed by atoms with E-state index in [9.17, 15) is 0 Å². The Labute approximate surface area is 83.7 Å². The van der Waals surface area contributed by atoms with Gasteiger partial charge in [0.15, 0.2) is 0 Å². The highest BCUT2D eigenvalue weighted by Gasteiger charge is 1.95. The number of allylic oxidation sites excluding steroid dienone is 2. The average Bonchev–Trinajstić information content (AvgIpc) is 2.09. The fourth-order valence-electron chi connectivity index (χ4n) is 1.32. The fourth-order valence-corrected chi connectivity index (χ4v) is 1.32. The zero-order chi connectivity index (χ0) is 10.1. The van der Waals surface area contributed by atoms with Crippen LogP contribution in [-0.4, -0.2) is 0 Å². The first-order chi connectivity index (χ1) is 6.16. The maximum absolute atomic E-state index is 4.08. The van der Waals surface area contributed by atoms with Gasteiger partial charge in [0.05, 0.1) is 0 Å². The summed E-state index contributed by atoms with van der Waals surface area (Å²) in [5.74, 6) is 0. The molecular weight excluding hydrogens is 156 g/mol. The van der Waals surface area contributed by atoms with E-state index >= 15 is 0 Å². The molecular formula is C13H24. The van der Waals surface area contributed by atoms with E-state index in [0.717, 1.165) is 12.8 Å². The second-order valence-electron chi connectivity index (χ2n) is 4.02. The molecule has 0 radical (unpaired) electrons. The molecule has 0 aliphatic carbocycles. The topological polar surface area (TPSA) is 0 Å². The third-order valence-electron chi connectivity index (χ3n) is 2.29. The van der Waals surface area contributed by atoms with Crippen LogP contribution in [0, 0.1) is 0 Å². The highest BCUT2D eigenvalue weighted by Crippen LogP contribution is 2.15. The van der Waals surface area contributed by atoms with E-state index < -0.39 is 0 Å². The van der Waals surface area contributed by atoms with Crippen molar-refractivity contribution in [2.75, 3.05) is 0 Å². The van der Waals surface area contributed by atoms with E-state index in [1.807, 2.05) is 0 Å². The molecule has 0 amide bonds. The molecule has 0 nitrogen and oxygen atoms in total. The summed E-state index contributed by atoms with van der Waals surface area (Å²) < 4.78 is 0. The lowest BCUT2D eigenvalue weighted by Crippen LogP contribution is -1.84. The largest absolute Gasteiger partial charge is 0.100 e. The molecule has 0 saturated carbocycles. The molecule has 0 fully saturated rings. The van der Waals surface area contributed by atoms with Crippen molar-refractivity contribution in [3.05, 3.63) is 24.3 Å². The van der Waals surface area contributed by atoms with Gasteiger partial charge in [-0.15, -0.1) is 6.58 Å². The zero-order valence-electron chi connectivity index (χ0n) is 9.36. The molecule has 0 rings (SSSR count). The van der Waals surface area contributed by atoms with Gasteiger partial charge in [-0.3, -0.25) is 0 Å². The number of unbranched alkanes of at least 4 members (excludes halogenated alkanes) is 3. The Morgan fingerprint density at radius 1 is 0.923 bits per heavy atom. The van der Waals surface area contributed by atoms with Crippen LogP contribution >= 0.6 is 0 Å². The molecule has 0 atom stereocenters. The Kier molecular flexibility index (Phi) is 7.77. The van der Waals surface area contributed by atoms with Crippen LogP contribution in [-0.2, 0) is 0 Å². The first kappa shape index (κ1) is 12.5. The summed E-state index contributed by atoms with van der Waals surface area (Å²) in [7, 11) is 0. The van der Waals surface area contributed by atoms with Crippen molar-refractivity contribution in [2.45, 2.75) is 58.8 Å². The Hall–Kier alpha value is -0.520. The summed E-state index contributed by atoms with van der Waals surface area (Å²) in [4.78, 5) is 0. The monoisotopic (exact) mass is 180 g/mol. The summed E-state index contributed by atoms with van der Waals surface area (Å²) >= 11 is 0. The van der Waals surface area contributed by atoms with Crippen molar-refractivity contribution in [1.82, 2.24) is 0 Å². The molecule has 0 N–H and O–H groups in total. The maximum atomic E-state index is 4.08. The lowest BCUT2D eigenvalue weighted by molar-refractivity contribution is 0.654. The van der Waals surface area contributed by atoms with Gasteiger partial charge in [-0.25, -0.2) is 0 Å². The molecule has 0 aliphatic heterocycles. The number of hydrogen-bond acceptors (Lipinski definition) is 0. The van der Waals surface area contributed by atoms with E-state index in [4.69, 9.17) is 0 Å². The number of hydrogen-bond donors (Lipinski definition) is 0. The van der Waals surface area contributed by atoms with Gasteiger partial charge in [0, 0.05) is 0 Å². The molecule has 76 valence electrons. The smallest absolute Gasteiger partial charge is 0.0286 e. The van der Waals surface area contributed by atoms with Crippen LogP contribution in [0.1, 0.15) is 58.8 Å². The second kappa shape index (κ2) is 8.10. The highest BCUT2D eigenvalue weighted by molar-refractivity contribution is 4.99. The van der Waals surface area contributed by atoms with Crippen LogP contribution in [0.4, 0.5) is 0 Å². The summed E-state index contributed by atoms with van der Waals surface area (Å²) in [6.07, 6.45) is 8.85.